The third-order valence-electron chi connectivity index (χ3n) is 2.40. The van der Waals surface area contributed by atoms with Crippen molar-refractivity contribution >= 4 is 49.3 Å². The Bertz CT molecular complexity index is 378. The van der Waals surface area contributed by atoms with Gasteiger partial charge in [0.1, 0.15) is 5.82 Å². The molecule has 1 atom stereocenters. The molecule has 0 N–H and O–H groups in total. The van der Waals surface area contributed by atoms with Crippen LogP contribution in [-0.4, -0.2) is 36.1 Å². The van der Waals surface area contributed by atoms with Crippen LogP contribution in [0.25, 0.3) is 0 Å². The third-order valence-corrected chi connectivity index (χ3v) is 3.83. The highest BCUT2D eigenvalue weighted by molar-refractivity contribution is 9.10. The van der Waals surface area contributed by atoms with Crippen molar-refractivity contribution in [1.29, 1.82) is 0 Å². The number of hydrogen-bond acceptors (Lipinski definition) is 3. The van der Waals surface area contributed by atoms with Crippen LogP contribution >= 0.6 is 43.5 Å². The molecule has 0 amide bonds. The first-order valence-corrected chi connectivity index (χ1v) is 7.23. The van der Waals surface area contributed by atoms with E-state index in [4.69, 9.17) is 16.3 Å². The molecule has 0 bridgehead atoms. The largest absolute Gasteiger partial charge is 0.374 e. The minimum Gasteiger partial charge on any atom is -0.374 e. The molecule has 1 saturated heterocycles. The molecule has 0 aromatic carbocycles. The van der Waals surface area contributed by atoms with Crippen molar-refractivity contribution in [2.24, 2.45) is 0 Å². The van der Waals surface area contributed by atoms with E-state index in [2.05, 4.69) is 41.7 Å². The number of pyridine rings is 1. The second kappa shape index (κ2) is 5.67. The zero-order valence-electron chi connectivity index (χ0n) is 8.50. The Morgan fingerprint density at radius 1 is 1.62 bits per heavy atom. The lowest BCUT2D eigenvalue weighted by Gasteiger charge is -2.33. The molecule has 1 aromatic rings. The van der Waals surface area contributed by atoms with Crippen molar-refractivity contribution in [3.8, 4) is 0 Å². The van der Waals surface area contributed by atoms with Gasteiger partial charge in [-0.05, 0) is 22.0 Å². The number of rotatable bonds is 2. The number of anilines is 1. The third kappa shape index (κ3) is 2.88. The maximum absolute atomic E-state index is 6.17. The van der Waals surface area contributed by atoms with Crippen LogP contribution in [0, 0.1) is 0 Å². The summed E-state index contributed by atoms with van der Waals surface area (Å²) in [4.78, 5) is 6.50. The topological polar surface area (TPSA) is 25.4 Å². The number of halogens is 3. The number of alkyl halides is 1. The van der Waals surface area contributed by atoms with Gasteiger partial charge in [-0.15, -0.1) is 0 Å². The highest BCUT2D eigenvalue weighted by Gasteiger charge is 2.22. The Morgan fingerprint density at radius 2 is 2.44 bits per heavy atom. The summed E-state index contributed by atoms with van der Waals surface area (Å²) < 4.78 is 6.47. The summed E-state index contributed by atoms with van der Waals surface area (Å²) in [5, 5.41) is 1.50. The van der Waals surface area contributed by atoms with E-state index in [9.17, 15) is 0 Å². The second-order valence-electron chi connectivity index (χ2n) is 3.55. The molecule has 0 spiro atoms. The summed E-state index contributed by atoms with van der Waals surface area (Å²) in [6, 6.07) is 1.86. The molecule has 1 aliphatic rings. The van der Waals surface area contributed by atoms with Crippen molar-refractivity contribution < 1.29 is 4.74 Å². The second-order valence-corrected chi connectivity index (χ2v) is 5.52. The van der Waals surface area contributed by atoms with Crippen molar-refractivity contribution in [2.75, 3.05) is 29.9 Å². The van der Waals surface area contributed by atoms with Crippen molar-refractivity contribution in [3.05, 3.63) is 21.8 Å². The Balaban J connectivity index is 2.16. The van der Waals surface area contributed by atoms with Crippen LogP contribution in [0.15, 0.2) is 16.7 Å². The van der Waals surface area contributed by atoms with Gasteiger partial charge in [-0.3, -0.25) is 0 Å². The van der Waals surface area contributed by atoms with E-state index in [0.29, 0.717) is 11.6 Å². The van der Waals surface area contributed by atoms with E-state index in [1.165, 1.54) is 0 Å². The van der Waals surface area contributed by atoms with Gasteiger partial charge in [0.15, 0.2) is 0 Å². The quantitative estimate of drug-likeness (QED) is 0.748. The van der Waals surface area contributed by atoms with Crippen LogP contribution in [0.3, 0.4) is 0 Å². The first-order valence-electron chi connectivity index (χ1n) is 4.94. The van der Waals surface area contributed by atoms with Crippen LogP contribution in [0.5, 0.6) is 0 Å². The van der Waals surface area contributed by atoms with Crippen molar-refractivity contribution in [1.82, 2.24) is 4.98 Å². The molecule has 1 fully saturated rings. The molecule has 3 nitrogen and oxygen atoms in total. The Kier molecular flexibility index (Phi) is 4.47. The van der Waals surface area contributed by atoms with Gasteiger partial charge >= 0.3 is 0 Å². The van der Waals surface area contributed by atoms with Gasteiger partial charge in [-0.2, -0.15) is 0 Å². The molecule has 1 aromatic heterocycles. The highest BCUT2D eigenvalue weighted by atomic mass is 79.9. The van der Waals surface area contributed by atoms with E-state index in [-0.39, 0.29) is 6.10 Å². The molecule has 0 radical (unpaired) electrons. The van der Waals surface area contributed by atoms with Gasteiger partial charge in [-0.1, -0.05) is 27.5 Å². The molecule has 0 aliphatic carbocycles. The molecule has 2 rings (SSSR count). The van der Waals surface area contributed by atoms with Gasteiger partial charge in [-0.25, -0.2) is 4.98 Å². The monoisotopic (exact) mass is 368 g/mol. The Hall–Kier alpha value is 0.160. The fourth-order valence-electron chi connectivity index (χ4n) is 1.65. The van der Waals surface area contributed by atoms with Gasteiger partial charge < -0.3 is 9.64 Å². The lowest BCUT2D eigenvalue weighted by Crippen LogP contribution is -2.43. The molecule has 1 unspecified atom stereocenters. The lowest BCUT2D eigenvalue weighted by molar-refractivity contribution is 0.0568. The van der Waals surface area contributed by atoms with E-state index in [1.807, 2.05) is 6.07 Å². The van der Waals surface area contributed by atoms with Gasteiger partial charge in [0.2, 0.25) is 0 Å². The number of hydrogen-bond donors (Lipinski definition) is 0. The molecular formula is C10H11Br2ClN2O. The van der Waals surface area contributed by atoms with Gasteiger partial charge in [0.05, 0.1) is 17.7 Å². The number of morpholine rings is 1. The summed E-state index contributed by atoms with van der Waals surface area (Å²) in [5.74, 6) is 0.833. The van der Waals surface area contributed by atoms with Crippen LogP contribution in [0.2, 0.25) is 5.02 Å². The fraction of sp³-hybridized carbons (Fsp3) is 0.500. The summed E-state index contributed by atoms with van der Waals surface area (Å²) in [6.45, 7) is 2.36. The van der Waals surface area contributed by atoms with Gasteiger partial charge in [0, 0.05) is 29.1 Å². The average Bonchev–Trinajstić information content (AvgIpc) is 2.29. The maximum atomic E-state index is 6.17. The van der Waals surface area contributed by atoms with E-state index in [1.54, 1.807) is 6.20 Å². The Labute approximate surface area is 116 Å². The molecule has 88 valence electrons. The predicted octanol–water partition coefficient (Wildman–Crippen LogP) is 3.10. The van der Waals surface area contributed by atoms with Crippen molar-refractivity contribution in [3.63, 3.8) is 0 Å². The molecule has 1 aliphatic heterocycles. The first kappa shape index (κ1) is 12.6. The SMILES string of the molecule is Clc1cc(Br)cnc1N1CCOC(CBr)C1. The zero-order valence-corrected chi connectivity index (χ0v) is 12.4. The van der Waals surface area contributed by atoms with Gasteiger partial charge in [0.25, 0.3) is 0 Å². The van der Waals surface area contributed by atoms with Crippen LogP contribution in [0.4, 0.5) is 5.82 Å². The zero-order chi connectivity index (χ0) is 11.5. The number of ether oxygens (including phenoxy) is 1. The normalized spacial score (nSPS) is 21.2. The summed E-state index contributed by atoms with van der Waals surface area (Å²) in [6.07, 6.45) is 1.97. The number of aromatic nitrogens is 1. The van der Waals surface area contributed by atoms with Crippen molar-refractivity contribution in [2.45, 2.75) is 6.10 Å². The molecular weight excluding hydrogens is 359 g/mol. The van der Waals surface area contributed by atoms with E-state index < -0.39 is 0 Å². The minimum atomic E-state index is 0.204. The van der Waals surface area contributed by atoms with Crippen LogP contribution in [-0.2, 0) is 4.74 Å². The first-order chi connectivity index (χ1) is 7.70. The molecule has 16 heavy (non-hydrogen) atoms. The van der Waals surface area contributed by atoms with E-state index >= 15 is 0 Å². The van der Waals surface area contributed by atoms with Crippen LogP contribution < -0.4 is 4.90 Å². The number of nitrogens with zero attached hydrogens (tertiary/aromatic N) is 2. The molecule has 2 heterocycles. The maximum Gasteiger partial charge on any atom is 0.147 e. The average molecular weight is 370 g/mol. The highest BCUT2D eigenvalue weighted by Crippen LogP contribution is 2.27. The summed E-state index contributed by atoms with van der Waals surface area (Å²) in [5.41, 5.74) is 0. The summed E-state index contributed by atoms with van der Waals surface area (Å²) in [7, 11) is 0. The lowest BCUT2D eigenvalue weighted by atomic mass is 10.3. The van der Waals surface area contributed by atoms with E-state index in [0.717, 1.165) is 28.7 Å². The molecule has 0 saturated carbocycles. The van der Waals surface area contributed by atoms with Crippen LogP contribution in [0.1, 0.15) is 0 Å². The summed E-state index contributed by atoms with van der Waals surface area (Å²) >= 11 is 12.9. The standard InChI is InChI=1S/C10H11Br2ClN2O/c11-4-8-6-15(1-2-16-8)10-9(13)3-7(12)5-14-10/h3,5,8H,1-2,4,6H2. The fourth-order valence-corrected chi connectivity index (χ4v) is 2.79. The molecule has 6 heteroatoms. The smallest absolute Gasteiger partial charge is 0.147 e. The Morgan fingerprint density at radius 3 is 3.12 bits per heavy atom. The predicted molar refractivity (Wildman–Crippen MR) is 72.7 cm³/mol. The minimum absolute atomic E-state index is 0.204.